The first-order valence-corrected chi connectivity index (χ1v) is 12.0. The van der Waals surface area contributed by atoms with Crippen LogP contribution in [0.15, 0.2) is 0 Å². The topological polar surface area (TPSA) is 91.0 Å². The van der Waals surface area contributed by atoms with Crippen LogP contribution in [0, 0.1) is 5.92 Å². The summed E-state index contributed by atoms with van der Waals surface area (Å²) in [5.41, 5.74) is -0.566. The fraction of sp³-hybridized carbons (Fsp3) is 0.870. The summed E-state index contributed by atoms with van der Waals surface area (Å²) >= 11 is 0. The summed E-state index contributed by atoms with van der Waals surface area (Å²) in [5.74, 6) is -0.0607. The highest BCUT2D eigenvalue weighted by Gasteiger charge is 2.34. The molecule has 2 fully saturated rings. The Hall–Kier alpha value is -1.83. The molecule has 0 radical (unpaired) electrons. The smallest absolute Gasteiger partial charge is 0.407 e. The highest BCUT2D eigenvalue weighted by Crippen LogP contribution is 2.26. The predicted molar refractivity (Wildman–Crippen MR) is 121 cm³/mol. The molecule has 1 aliphatic heterocycles. The molecule has 1 heterocycles. The molecule has 0 aromatic heterocycles. The molecule has 2 aliphatic rings. The first-order chi connectivity index (χ1) is 14.7. The van der Waals surface area contributed by atoms with E-state index in [0.717, 1.165) is 51.5 Å². The van der Waals surface area contributed by atoms with E-state index >= 15 is 0 Å². The minimum absolute atomic E-state index is 0.0314. The second-order valence-electron chi connectivity index (χ2n) is 9.76. The van der Waals surface area contributed by atoms with E-state index in [0.29, 0.717) is 32.7 Å². The number of ether oxygens (including phenoxy) is 1. The van der Waals surface area contributed by atoms with E-state index in [9.17, 15) is 14.4 Å². The largest absolute Gasteiger partial charge is 0.444 e. The molecule has 8 heteroatoms. The molecule has 3 amide bonds. The van der Waals surface area contributed by atoms with E-state index in [2.05, 4.69) is 15.5 Å². The van der Waals surface area contributed by atoms with Gasteiger partial charge in [-0.15, -0.1) is 0 Å². The van der Waals surface area contributed by atoms with E-state index in [1.165, 1.54) is 0 Å². The first-order valence-electron chi connectivity index (χ1n) is 12.0. The van der Waals surface area contributed by atoms with Gasteiger partial charge >= 0.3 is 6.09 Å². The van der Waals surface area contributed by atoms with Crippen LogP contribution < -0.4 is 10.6 Å². The third-order valence-corrected chi connectivity index (χ3v) is 5.93. The lowest BCUT2D eigenvalue weighted by molar-refractivity contribution is -0.136. The summed E-state index contributed by atoms with van der Waals surface area (Å²) in [4.78, 5) is 41.9. The van der Waals surface area contributed by atoms with Crippen molar-refractivity contribution >= 4 is 17.9 Å². The standard InChI is InChI=1S/C23H42N4O4/c1-5-24-20(28)17-26-13-10-14-27(16-15-26)21(29)18-11-8-6-7-9-12-19(18)25-22(30)31-23(2,3)4/h18-19H,5-17H2,1-4H3,(H,24,28)(H,25,30). The van der Waals surface area contributed by atoms with Crippen LogP contribution in [0.25, 0.3) is 0 Å². The molecule has 1 saturated carbocycles. The van der Waals surface area contributed by atoms with Crippen LogP contribution in [0.3, 0.4) is 0 Å². The number of rotatable bonds is 5. The van der Waals surface area contributed by atoms with E-state index in [4.69, 9.17) is 4.74 Å². The van der Waals surface area contributed by atoms with Crippen molar-refractivity contribution in [2.24, 2.45) is 5.92 Å². The maximum atomic E-state index is 13.5. The summed E-state index contributed by atoms with van der Waals surface area (Å²) in [6, 6.07) is -0.197. The number of carbonyl (C=O) groups is 3. The summed E-state index contributed by atoms with van der Waals surface area (Å²) in [5, 5.41) is 5.84. The third kappa shape index (κ3) is 9.05. The summed E-state index contributed by atoms with van der Waals surface area (Å²) < 4.78 is 5.46. The van der Waals surface area contributed by atoms with Crippen molar-refractivity contribution < 1.29 is 19.1 Å². The van der Waals surface area contributed by atoms with E-state index in [-0.39, 0.29) is 23.8 Å². The molecule has 8 nitrogen and oxygen atoms in total. The van der Waals surface area contributed by atoms with Gasteiger partial charge in [-0.2, -0.15) is 0 Å². The van der Waals surface area contributed by atoms with Crippen LogP contribution >= 0.6 is 0 Å². The lowest BCUT2D eigenvalue weighted by Crippen LogP contribution is -2.50. The molecule has 2 unspecified atom stereocenters. The van der Waals surface area contributed by atoms with Crippen molar-refractivity contribution in [1.29, 1.82) is 0 Å². The zero-order valence-corrected chi connectivity index (χ0v) is 19.9. The van der Waals surface area contributed by atoms with Crippen LogP contribution in [-0.4, -0.2) is 78.6 Å². The second-order valence-corrected chi connectivity index (χ2v) is 9.76. The number of hydrogen-bond donors (Lipinski definition) is 2. The number of nitrogens with zero attached hydrogens (tertiary/aromatic N) is 2. The molecule has 1 saturated heterocycles. The van der Waals surface area contributed by atoms with Gasteiger partial charge in [-0.1, -0.05) is 25.7 Å². The van der Waals surface area contributed by atoms with Crippen molar-refractivity contribution in [1.82, 2.24) is 20.4 Å². The maximum absolute atomic E-state index is 13.5. The Morgan fingerprint density at radius 3 is 2.32 bits per heavy atom. The molecule has 178 valence electrons. The Morgan fingerprint density at radius 2 is 1.65 bits per heavy atom. The monoisotopic (exact) mass is 438 g/mol. The predicted octanol–water partition coefficient (Wildman–Crippen LogP) is 2.52. The number of carbonyl (C=O) groups excluding carboxylic acids is 3. The van der Waals surface area contributed by atoms with E-state index < -0.39 is 11.7 Å². The molecule has 0 spiro atoms. The minimum Gasteiger partial charge on any atom is -0.444 e. The van der Waals surface area contributed by atoms with Gasteiger partial charge < -0.3 is 20.3 Å². The van der Waals surface area contributed by atoms with Gasteiger partial charge in [-0.3, -0.25) is 14.5 Å². The quantitative estimate of drug-likeness (QED) is 0.688. The molecule has 0 aromatic carbocycles. The van der Waals surface area contributed by atoms with Gasteiger partial charge in [0.15, 0.2) is 0 Å². The number of likely N-dealkylation sites (N-methyl/N-ethyl adjacent to an activating group) is 1. The minimum atomic E-state index is -0.566. The Labute approximate surface area is 187 Å². The molecular formula is C23H42N4O4. The highest BCUT2D eigenvalue weighted by molar-refractivity contribution is 5.81. The third-order valence-electron chi connectivity index (χ3n) is 5.93. The molecular weight excluding hydrogens is 396 g/mol. The Morgan fingerprint density at radius 1 is 0.935 bits per heavy atom. The lowest BCUT2D eigenvalue weighted by Gasteiger charge is -2.33. The average molecular weight is 439 g/mol. The van der Waals surface area contributed by atoms with Crippen LogP contribution in [0.2, 0.25) is 0 Å². The van der Waals surface area contributed by atoms with Crippen molar-refractivity contribution in [3.8, 4) is 0 Å². The van der Waals surface area contributed by atoms with Gasteiger partial charge in [0.05, 0.1) is 12.5 Å². The second kappa shape index (κ2) is 12.3. The van der Waals surface area contributed by atoms with Gasteiger partial charge in [0.2, 0.25) is 11.8 Å². The zero-order valence-electron chi connectivity index (χ0n) is 19.9. The van der Waals surface area contributed by atoms with Crippen LogP contribution in [0.4, 0.5) is 4.79 Å². The highest BCUT2D eigenvalue weighted by atomic mass is 16.6. The molecule has 2 N–H and O–H groups in total. The molecule has 2 rings (SSSR count). The fourth-order valence-electron chi connectivity index (χ4n) is 4.45. The summed E-state index contributed by atoms with van der Waals surface area (Å²) in [6.45, 7) is 11.3. The van der Waals surface area contributed by atoms with Gasteiger partial charge in [-0.25, -0.2) is 4.79 Å². The average Bonchev–Trinajstić information content (AvgIpc) is 2.88. The first kappa shape index (κ1) is 25.4. The van der Waals surface area contributed by atoms with Gasteiger partial charge in [0, 0.05) is 38.8 Å². The van der Waals surface area contributed by atoms with Gasteiger partial charge in [0.25, 0.3) is 0 Å². The van der Waals surface area contributed by atoms with Gasteiger partial charge in [-0.05, 0) is 47.0 Å². The van der Waals surface area contributed by atoms with Crippen LogP contribution in [0.1, 0.15) is 72.6 Å². The molecule has 1 aliphatic carbocycles. The lowest BCUT2D eigenvalue weighted by atomic mass is 9.85. The number of alkyl carbamates (subject to hydrolysis) is 1. The number of hydrogen-bond acceptors (Lipinski definition) is 5. The summed E-state index contributed by atoms with van der Waals surface area (Å²) in [7, 11) is 0. The van der Waals surface area contributed by atoms with Crippen molar-refractivity contribution in [2.45, 2.75) is 84.3 Å². The van der Waals surface area contributed by atoms with Gasteiger partial charge in [0.1, 0.15) is 5.60 Å². The fourth-order valence-corrected chi connectivity index (χ4v) is 4.45. The Balaban J connectivity index is 2.00. The SMILES string of the molecule is CCNC(=O)CN1CCCN(C(=O)C2CCCCCCC2NC(=O)OC(C)(C)C)CC1. The van der Waals surface area contributed by atoms with E-state index in [1.54, 1.807) is 0 Å². The number of nitrogens with one attached hydrogen (secondary N) is 2. The molecule has 0 aromatic rings. The van der Waals surface area contributed by atoms with Crippen molar-refractivity contribution in [3.05, 3.63) is 0 Å². The normalized spacial score (nSPS) is 23.8. The van der Waals surface area contributed by atoms with Crippen molar-refractivity contribution in [3.63, 3.8) is 0 Å². The molecule has 31 heavy (non-hydrogen) atoms. The maximum Gasteiger partial charge on any atom is 0.407 e. The Kier molecular flexibility index (Phi) is 10.1. The number of amides is 3. The zero-order chi connectivity index (χ0) is 22.9. The summed E-state index contributed by atoms with van der Waals surface area (Å²) in [6.07, 6.45) is 6.26. The van der Waals surface area contributed by atoms with Crippen LogP contribution in [0.5, 0.6) is 0 Å². The van der Waals surface area contributed by atoms with Crippen LogP contribution in [-0.2, 0) is 14.3 Å². The van der Waals surface area contributed by atoms with Crippen molar-refractivity contribution in [2.75, 3.05) is 39.3 Å². The Bertz CT molecular complexity index is 605. The molecule has 2 atom stereocenters. The molecule has 0 bridgehead atoms. The van der Waals surface area contributed by atoms with E-state index in [1.807, 2.05) is 32.6 Å².